The van der Waals surface area contributed by atoms with Crippen LogP contribution in [0.15, 0.2) is 0 Å². The molecular weight excluding hydrogens is 164 g/mol. The molecule has 1 amide bonds. The Bertz CT molecular complexity index is 170. The monoisotopic (exact) mass is 184 g/mol. The van der Waals surface area contributed by atoms with Gasteiger partial charge < -0.3 is 11.1 Å². The summed E-state index contributed by atoms with van der Waals surface area (Å²) in [7, 11) is 0. The molecule has 1 saturated carbocycles. The molecule has 0 aromatic carbocycles. The van der Waals surface area contributed by atoms with Gasteiger partial charge in [0.15, 0.2) is 0 Å². The van der Waals surface area contributed by atoms with Gasteiger partial charge in [0.1, 0.15) is 0 Å². The van der Waals surface area contributed by atoms with Gasteiger partial charge in [-0.2, -0.15) is 0 Å². The van der Waals surface area contributed by atoms with E-state index in [2.05, 4.69) is 12.2 Å². The molecule has 1 fully saturated rings. The van der Waals surface area contributed by atoms with Crippen LogP contribution in [-0.2, 0) is 4.79 Å². The molecule has 3 heteroatoms. The molecule has 0 aliphatic heterocycles. The number of unbranched alkanes of at least 4 members (excludes halogenated alkanes) is 3. The Morgan fingerprint density at radius 2 is 2.15 bits per heavy atom. The van der Waals surface area contributed by atoms with Crippen LogP contribution in [-0.4, -0.2) is 18.5 Å². The third-order valence-electron chi connectivity index (χ3n) is 2.51. The lowest BCUT2D eigenvalue weighted by Crippen LogP contribution is -2.28. The van der Waals surface area contributed by atoms with Gasteiger partial charge in [0, 0.05) is 12.6 Å². The molecule has 2 atom stereocenters. The molecule has 0 bridgehead atoms. The molecule has 2 unspecified atom stereocenters. The minimum Gasteiger partial charge on any atom is -0.356 e. The predicted octanol–water partition coefficient (Wildman–Crippen LogP) is 1.03. The Morgan fingerprint density at radius 1 is 1.46 bits per heavy atom. The molecule has 3 N–H and O–H groups in total. The molecule has 3 nitrogen and oxygen atoms in total. The van der Waals surface area contributed by atoms with Gasteiger partial charge in [-0.1, -0.05) is 26.2 Å². The smallest absolute Gasteiger partial charge is 0.224 e. The van der Waals surface area contributed by atoms with Crippen LogP contribution in [0, 0.1) is 5.92 Å². The highest BCUT2D eigenvalue weighted by Gasteiger charge is 2.39. The topological polar surface area (TPSA) is 55.1 Å². The molecular formula is C10H20N2O. The molecule has 0 heterocycles. The molecule has 1 aliphatic rings. The fourth-order valence-corrected chi connectivity index (χ4v) is 1.41. The van der Waals surface area contributed by atoms with E-state index in [1.54, 1.807) is 0 Å². The van der Waals surface area contributed by atoms with Crippen molar-refractivity contribution in [2.24, 2.45) is 11.7 Å². The van der Waals surface area contributed by atoms with Crippen molar-refractivity contribution in [3.05, 3.63) is 0 Å². The number of nitrogens with one attached hydrogen (secondary N) is 1. The highest BCUT2D eigenvalue weighted by Crippen LogP contribution is 2.27. The van der Waals surface area contributed by atoms with E-state index in [9.17, 15) is 4.79 Å². The van der Waals surface area contributed by atoms with Gasteiger partial charge in [0.2, 0.25) is 5.91 Å². The van der Waals surface area contributed by atoms with Crippen LogP contribution in [0.25, 0.3) is 0 Å². The quantitative estimate of drug-likeness (QED) is 0.606. The number of hydrogen-bond acceptors (Lipinski definition) is 2. The summed E-state index contributed by atoms with van der Waals surface area (Å²) in [6, 6.07) is 0.135. The van der Waals surface area contributed by atoms with Crippen molar-refractivity contribution in [3.8, 4) is 0 Å². The molecule has 1 rings (SSSR count). The van der Waals surface area contributed by atoms with Crippen LogP contribution in [0.4, 0.5) is 0 Å². The Balaban J connectivity index is 1.91. The fourth-order valence-electron chi connectivity index (χ4n) is 1.41. The van der Waals surface area contributed by atoms with Gasteiger partial charge in [-0.25, -0.2) is 0 Å². The maximum atomic E-state index is 11.3. The maximum Gasteiger partial charge on any atom is 0.224 e. The molecule has 0 aromatic heterocycles. The van der Waals surface area contributed by atoms with Crippen molar-refractivity contribution < 1.29 is 4.79 Å². The molecule has 0 radical (unpaired) electrons. The second kappa shape index (κ2) is 5.22. The lowest BCUT2D eigenvalue weighted by atomic mass is 10.2. The van der Waals surface area contributed by atoms with E-state index in [-0.39, 0.29) is 17.9 Å². The highest BCUT2D eigenvalue weighted by atomic mass is 16.2. The second-order valence-electron chi connectivity index (χ2n) is 3.86. The first-order valence-electron chi connectivity index (χ1n) is 5.29. The van der Waals surface area contributed by atoms with Crippen molar-refractivity contribution in [2.75, 3.05) is 6.54 Å². The predicted molar refractivity (Wildman–Crippen MR) is 53.2 cm³/mol. The Kier molecular flexibility index (Phi) is 4.22. The van der Waals surface area contributed by atoms with E-state index in [1.165, 1.54) is 19.3 Å². The minimum absolute atomic E-state index is 0.117. The third kappa shape index (κ3) is 3.77. The van der Waals surface area contributed by atoms with Gasteiger partial charge in [-0.3, -0.25) is 4.79 Å². The Labute approximate surface area is 80.1 Å². The number of rotatable bonds is 6. The number of nitrogens with two attached hydrogens (primary N) is 1. The summed E-state index contributed by atoms with van der Waals surface area (Å²) >= 11 is 0. The summed E-state index contributed by atoms with van der Waals surface area (Å²) in [5, 5.41) is 2.91. The van der Waals surface area contributed by atoms with Crippen LogP contribution < -0.4 is 11.1 Å². The van der Waals surface area contributed by atoms with Crippen LogP contribution in [0.1, 0.15) is 39.0 Å². The van der Waals surface area contributed by atoms with Gasteiger partial charge in [0.25, 0.3) is 0 Å². The zero-order valence-corrected chi connectivity index (χ0v) is 8.38. The summed E-state index contributed by atoms with van der Waals surface area (Å²) in [4.78, 5) is 11.3. The van der Waals surface area contributed by atoms with Crippen molar-refractivity contribution in [3.63, 3.8) is 0 Å². The first-order valence-corrected chi connectivity index (χ1v) is 5.29. The van der Waals surface area contributed by atoms with Crippen LogP contribution in [0.3, 0.4) is 0 Å². The van der Waals surface area contributed by atoms with Crippen LogP contribution >= 0.6 is 0 Å². The van der Waals surface area contributed by atoms with Crippen molar-refractivity contribution in [1.29, 1.82) is 0 Å². The zero-order valence-electron chi connectivity index (χ0n) is 8.38. The van der Waals surface area contributed by atoms with E-state index in [4.69, 9.17) is 5.73 Å². The number of amides is 1. The first-order chi connectivity index (χ1) is 6.25. The van der Waals surface area contributed by atoms with Gasteiger partial charge in [0.05, 0.1) is 5.92 Å². The standard InChI is InChI=1S/C10H20N2O/c1-2-3-4-5-6-12-10(13)8-7-9(8)11/h8-9H,2-7,11H2,1H3,(H,12,13). The SMILES string of the molecule is CCCCCCNC(=O)C1CC1N. The van der Waals surface area contributed by atoms with Crippen molar-refractivity contribution >= 4 is 5.91 Å². The van der Waals surface area contributed by atoms with E-state index in [0.717, 1.165) is 19.4 Å². The maximum absolute atomic E-state index is 11.3. The molecule has 0 spiro atoms. The number of carbonyl (C=O) groups is 1. The molecule has 1 aliphatic carbocycles. The largest absolute Gasteiger partial charge is 0.356 e. The van der Waals surface area contributed by atoms with Crippen molar-refractivity contribution in [2.45, 2.75) is 45.1 Å². The molecule has 0 aromatic rings. The Morgan fingerprint density at radius 3 is 2.69 bits per heavy atom. The fraction of sp³-hybridized carbons (Fsp3) is 0.900. The molecule has 13 heavy (non-hydrogen) atoms. The van der Waals surface area contributed by atoms with Gasteiger partial charge >= 0.3 is 0 Å². The van der Waals surface area contributed by atoms with Gasteiger partial charge in [-0.15, -0.1) is 0 Å². The lowest BCUT2D eigenvalue weighted by molar-refractivity contribution is -0.122. The summed E-state index contributed by atoms with van der Waals surface area (Å²) in [6.45, 7) is 3.00. The Hall–Kier alpha value is -0.570. The first kappa shape index (κ1) is 10.5. The summed E-state index contributed by atoms with van der Waals surface area (Å²) < 4.78 is 0. The summed E-state index contributed by atoms with van der Waals surface area (Å²) in [5.74, 6) is 0.273. The van der Waals surface area contributed by atoms with E-state index in [1.807, 2.05) is 0 Å². The minimum atomic E-state index is 0.117. The summed E-state index contributed by atoms with van der Waals surface area (Å²) in [6.07, 6.45) is 5.69. The van der Waals surface area contributed by atoms with E-state index >= 15 is 0 Å². The highest BCUT2D eigenvalue weighted by molar-refractivity contribution is 5.82. The summed E-state index contributed by atoms with van der Waals surface area (Å²) in [5.41, 5.74) is 5.56. The number of hydrogen-bond donors (Lipinski definition) is 2. The lowest BCUT2D eigenvalue weighted by Gasteiger charge is -2.03. The number of carbonyl (C=O) groups excluding carboxylic acids is 1. The molecule has 0 saturated heterocycles. The van der Waals surface area contributed by atoms with E-state index < -0.39 is 0 Å². The zero-order chi connectivity index (χ0) is 9.68. The second-order valence-corrected chi connectivity index (χ2v) is 3.86. The third-order valence-corrected chi connectivity index (χ3v) is 2.51. The van der Waals surface area contributed by atoms with Gasteiger partial charge in [-0.05, 0) is 12.8 Å². The average molecular weight is 184 g/mol. The van der Waals surface area contributed by atoms with Crippen LogP contribution in [0.5, 0.6) is 0 Å². The van der Waals surface area contributed by atoms with Crippen molar-refractivity contribution in [1.82, 2.24) is 5.32 Å². The van der Waals surface area contributed by atoms with Crippen LogP contribution in [0.2, 0.25) is 0 Å². The molecule has 76 valence electrons. The normalized spacial score (nSPS) is 25.7. The van der Waals surface area contributed by atoms with E-state index in [0.29, 0.717) is 0 Å². The average Bonchev–Trinajstić information content (AvgIpc) is 2.82.